The maximum absolute atomic E-state index is 11.9. The molecule has 0 unspecified atom stereocenters. The van der Waals surface area contributed by atoms with Gasteiger partial charge in [-0.25, -0.2) is 17.9 Å². The molecule has 8 heteroatoms. The molecule has 1 rings (SSSR count). The summed E-state index contributed by atoms with van der Waals surface area (Å²) >= 11 is 2.88. The van der Waals surface area contributed by atoms with Crippen molar-refractivity contribution in [2.75, 3.05) is 0 Å². The van der Waals surface area contributed by atoms with E-state index in [0.29, 0.717) is 0 Å². The molecule has 0 saturated heterocycles. The largest absolute Gasteiger partial charge is 0.475 e. The number of halogens is 1. The molecule has 0 spiro atoms. The summed E-state index contributed by atoms with van der Waals surface area (Å²) in [4.78, 5) is 10.4. The van der Waals surface area contributed by atoms with Crippen molar-refractivity contribution < 1.29 is 22.7 Å². The molecule has 0 aliphatic rings. The molecule has 0 saturated carbocycles. The van der Waals surface area contributed by atoms with Crippen LogP contribution in [0.1, 0.15) is 31.3 Å². The first-order valence-corrected chi connectivity index (χ1v) is 6.87. The van der Waals surface area contributed by atoms with Crippen LogP contribution in [0.25, 0.3) is 0 Å². The average Bonchev–Trinajstić information content (AvgIpc) is 2.43. The van der Waals surface area contributed by atoms with Crippen molar-refractivity contribution in [1.29, 1.82) is 0 Å². The number of hydrogen-bond donors (Lipinski definition) is 2. The molecule has 0 fully saturated rings. The Bertz CT molecular complexity index is 540. The zero-order valence-corrected chi connectivity index (χ0v) is 11.8. The van der Waals surface area contributed by atoms with Gasteiger partial charge in [0.1, 0.15) is 4.90 Å². The quantitative estimate of drug-likeness (QED) is 0.883. The van der Waals surface area contributed by atoms with Crippen LogP contribution in [0.5, 0.6) is 0 Å². The van der Waals surface area contributed by atoms with Gasteiger partial charge >= 0.3 is 5.97 Å². The lowest BCUT2D eigenvalue weighted by molar-refractivity contribution is 0.0661. The molecule has 1 aromatic rings. The van der Waals surface area contributed by atoms with E-state index >= 15 is 0 Å². The van der Waals surface area contributed by atoms with Gasteiger partial charge in [0.05, 0.1) is 0 Å². The van der Waals surface area contributed by atoms with Crippen molar-refractivity contribution in [3.05, 3.63) is 16.5 Å². The Balaban J connectivity index is 3.21. The third-order valence-electron chi connectivity index (χ3n) is 1.60. The van der Waals surface area contributed by atoms with Crippen LogP contribution < -0.4 is 4.72 Å². The van der Waals surface area contributed by atoms with E-state index in [1.54, 1.807) is 20.8 Å². The van der Waals surface area contributed by atoms with Gasteiger partial charge in [-0.15, -0.1) is 0 Å². The van der Waals surface area contributed by atoms with Crippen molar-refractivity contribution in [3.63, 3.8) is 0 Å². The van der Waals surface area contributed by atoms with Crippen LogP contribution in [0.2, 0.25) is 0 Å². The Hall–Kier alpha value is -0.860. The molecule has 2 N–H and O–H groups in total. The van der Waals surface area contributed by atoms with Crippen molar-refractivity contribution in [3.8, 4) is 0 Å². The Morgan fingerprint density at radius 2 is 2.00 bits per heavy atom. The Labute approximate surface area is 107 Å². The second kappa shape index (κ2) is 4.43. The highest BCUT2D eigenvalue weighted by molar-refractivity contribution is 9.10. The Kier molecular flexibility index (Phi) is 3.70. The summed E-state index contributed by atoms with van der Waals surface area (Å²) in [5.41, 5.74) is -0.668. The van der Waals surface area contributed by atoms with Crippen LogP contribution in [-0.2, 0) is 10.0 Å². The number of aromatic carboxylic acids is 1. The predicted molar refractivity (Wildman–Crippen MR) is 63.4 cm³/mol. The van der Waals surface area contributed by atoms with Crippen molar-refractivity contribution >= 4 is 31.9 Å². The Morgan fingerprint density at radius 1 is 1.47 bits per heavy atom. The van der Waals surface area contributed by atoms with Crippen LogP contribution in [0.3, 0.4) is 0 Å². The lowest BCUT2D eigenvalue weighted by atomic mass is 10.1. The van der Waals surface area contributed by atoms with Crippen molar-refractivity contribution in [2.45, 2.75) is 31.2 Å². The number of rotatable bonds is 3. The molecule has 0 aromatic carbocycles. The van der Waals surface area contributed by atoms with Crippen molar-refractivity contribution in [1.82, 2.24) is 4.72 Å². The number of sulfonamides is 1. The molecular formula is C9H12BrNO5S. The van der Waals surface area contributed by atoms with E-state index in [0.717, 1.165) is 6.07 Å². The molecule has 0 atom stereocenters. The molecule has 0 radical (unpaired) electrons. The SMILES string of the molecule is CC(C)(C)NS(=O)(=O)c1cc(C(=O)O)oc1Br. The zero-order valence-electron chi connectivity index (χ0n) is 9.44. The number of nitrogens with one attached hydrogen (secondary N) is 1. The van der Waals surface area contributed by atoms with Gasteiger partial charge in [-0.05, 0) is 36.7 Å². The summed E-state index contributed by atoms with van der Waals surface area (Å²) < 4.78 is 30.9. The fourth-order valence-electron chi connectivity index (χ4n) is 1.10. The molecule has 17 heavy (non-hydrogen) atoms. The first kappa shape index (κ1) is 14.2. The van der Waals surface area contributed by atoms with E-state index in [-0.39, 0.29) is 9.56 Å². The van der Waals surface area contributed by atoms with Crippen molar-refractivity contribution in [2.24, 2.45) is 0 Å². The maximum Gasteiger partial charge on any atom is 0.371 e. The molecule has 0 aliphatic carbocycles. The van der Waals surface area contributed by atoms with E-state index in [9.17, 15) is 13.2 Å². The third kappa shape index (κ3) is 3.55. The lowest BCUT2D eigenvalue weighted by Crippen LogP contribution is -2.40. The van der Waals surface area contributed by atoms with Gasteiger partial charge in [-0.2, -0.15) is 0 Å². The van der Waals surface area contributed by atoms with Gasteiger partial charge < -0.3 is 9.52 Å². The summed E-state index contributed by atoms with van der Waals surface area (Å²) in [6.45, 7) is 5.03. The first-order chi connectivity index (χ1) is 7.53. The topological polar surface area (TPSA) is 96.6 Å². The van der Waals surface area contributed by atoms with E-state index in [1.807, 2.05) is 0 Å². The molecule has 0 amide bonds. The minimum atomic E-state index is -3.82. The minimum absolute atomic E-state index is 0.133. The number of carbonyl (C=O) groups is 1. The normalized spacial score (nSPS) is 12.7. The predicted octanol–water partition coefficient (Wildman–Crippen LogP) is 1.82. The summed E-state index contributed by atoms with van der Waals surface area (Å²) in [6.07, 6.45) is 0. The zero-order chi connectivity index (χ0) is 13.4. The molecule has 1 heterocycles. The van der Waals surface area contributed by atoms with Gasteiger partial charge in [-0.3, -0.25) is 0 Å². The first-order valence-electron chi connectivity index (χ1n) is 4.59. The van der Waals surface area contributed by atoms with Gasteiger partial charge in [0.25, 0.3) is 0 Å². The second-order valence-corrected chi connectivity index (χ2v) is 6.78. The van der Waals surface area contributed by atoms with E-state index < -0.39 is 27.3 Å². The molecule has 6 nitrogen and oxygen atoms in total. The molecule has 1 aromatic heterocycles. The smallest absolute Gasteiger partial charge is 0.371 e. The Morgan fingerprint density at radius 3 is 2.35 bits per heavy atom. The number of furan rings is 1. The molecule has 0 aliphatic heterocycles. The average molecular weight is 326 g/mol. The van der Waals surface area contributed by atoms with Crippen LogP contribution in [0.4, 0.5) is 0 Å². The number of hydrogen-bond acceptors (Lipinski definition) is 4. The van der Waals surface area contributed by atoms with Crippen LogP contribution >= 0.6 is 15.9 Å². The van der Waals surface area contributed by atoms with Gasteiger partial charge in [-0.1, -0.05) is 0 Å². The minimum Gasteiger partial charge on any atom is -0.475 e. The van der Waals surface area contributed by atoms with E-state index in [1.165, 1.54) is 0 Å². The highest BCUT2D eigenvalue weighted by Gasteiger charge is 2.28. The number of carboxylic acids is 1. The highest BCUT2D eigenvalue weighted by Crippen LogP contribution is 2.26. The number of carboxylic acid groups (broad SMARTS) is 1. The fraction of sp³-hybridized carbons (Fsp3) is 0.444. The van der Waals surface area contributed by atoms with Crippen LogP contribution in [-0.4, -0.2) is 25.0 Å². The van der Waals surface area contributed by atoms with Gasteiger partial charge in [0.2, 0.25) is 15.8 Å². The molecule has 96 valence electrons. The summed E-state index contributed by atoms with van der Waals surface area (Å²) in [5, 5.41) is 8.69. The van der Waals surface area contributed by atoms with Gasteiger partial charge in [0.15, 0.2) is 4.67 Å². The van der Waals surface area contributed by atoms with E-state index in [2.05, 4.69) is 20.7 Å². The fourth-order valence-corrected chi connectivity index (χ4v) is 3.46. The summed E-state index contributed by atoms with van der Waals surface area (Å²) in [7, 11) is -3.82. The standard InChI is InChI=1S/C9H12BrNO5S/c1-9(2,3)11-17(14,15)6-4-5(8(12)13)16-7(6)10/h4,11H,1-3H3,(H,12,13). The van der Waals surface area contributed by atoms with Crippen LogP contribution in [0, 0.1) is 0 Å². The monoisotopic (exact) mass is 325 g/mol. The maximum atomic E-state index is 11.9. The second-order valence-electron chi connectivity index (χ2n) is 4.41. The van der Waals surface area contributed by atoms with Gasteiger partial charge in [0, 0.05) is 11.6 Å². The molecular weight excluding hydrogens is 314 g/mol. The third-order valence-corrected chi connectivity index (χ3v) is 4.21. The van der Waals surface area contributed by atoms with E-state index in [4.69, 9.17) is 9.52 Å². The lowest BCUT2D eigenvalue weighted by Gasteiger charge is -2.19. The summed E-state index contributed by atoms with van der Waals surface area (Å²) in [6, 6.07) is 0.959. The van der Waals surface area contributed by atoms with Crippen LogP contribution in [0.15, 0.2) is 20.0 Å². The molecule has 0 bridgehead atoms. The highest BCUT2D eigenvalue weighted by atomic mass is 79.9. The summed E-state index contributed by atoms with van der Waals surface area (Å²) in [5.74, 6) is -1.77.